The number of carboxylic acids is 1. The Bertz CT molecular complexity index is 460. The predicted molar refractivity (Wildman–Crippen MR) is 53.5 cm³/mol. The number of fused-ring (bicyclic) bond motifs is 1. The van der Waals surface area contributed by atoms with Gasteiger partial charge in [-0.25, -0.2) is 4.79 Å². The van der Waals surface area contributed by atoms with Crippen molar-refractivity contribution in [1.29, 1.82) is 5.26 Å². The molecule has 0 aliphatic carbocycles. The van der Waals surface area contributed by atoms with Gasteiger partial charge in [0.15, 0.2) is 0 Å². The van der Waals surface area contributed by atoms with E-state index in [1.54, 1.807) is 6.07 Å². The van der Waals surface area contributed by atoms with Crippen LogP contribution in [0.5, 0.6) is 0 Å². The summed E-state index contributed by atoms with van der Waals surface area (Å²) in [5, 5.41) is 21.0. The van der Waals surface area contributed by atoms with Crippen LogP contribution in [0.1, 0.15) is 27.0 Å². The molecule has 0 amide bonds. The predicted octanol–water partition coefficient (Wildman–Crippen LogP) is 0.902. The van der Waals surface area contributed by atoms with Crippen LogP contribution in [-0.2, 0) is 13.0 Å². The maximum absolute atomic E-state index is 11.0. The van der Waals surface area contributed by atoms with Crippen LogP contribution in [0, 0.1) is 11.3 Å². The minimum absolute atomic E-state index is 0.302. The molecule has 1 heterocycles. The number of carboxylic acid groups (broad SMARTS) is 1. The molecule has 76 valence electrons. The van der Waals surface area contributed by atoms with Gasteiger partial charge >= 0.3 is 5.97 Å². The third-order valence-electron chi connectivity index (χ3n) is 2.64. The summed E-state index contributed by atoms with van der Waals surface area (Å²) in [4.78, 5) is 11.0. The normalized spacial score (nSPS) is 14.1. The highest BCUT2D eigenvalue weighted by Gasteiger charge is 2.19. The number of carbonyl (C=O) groups is 1. The summed E-state index contributed by atoms with van der Waals surface area (Å²) in [6.07, 6.45) is 0.722. The number of nitrogens with one attached hydrogen (secondary N) is 1. The molecule has 1 aromatic rings. The van der Waals surface area contributed by atoms with E-state index in [1.807, 2.05) is 0 Å². The van der Waals surface area contributed by atoms with Crippen LogP contribution in [-0.4, -0.2) is 17.6 Å². The molecule has 0 spiro atoms. The van der Waals surface area contributed by atoms with E-state index in [1.165, 1.54) is 6.07 Å². The Morgan fingerprint density at radius 1 is 1.47 bits per heavy atom. The van der Waals surface area contributed by atoms with Crippen molar-refractivity contribution < 1.29 is 9.90 Å². The number of hydrogen-bond donors (Lipinski definition) is 2. The van der Waals surface area contributed by atoms with Gasteiger partial charge < -0.3 is 10.4 Å². The molecule has 0 unspecified atom stereocenters. The average molecular weight is 202 g/mol. The first kappa shape index (κ1) is 9.69. The molecule has 0 radical (unpaired) electrons. The summed E-state index contributed by atoms with van der Waals surface area (Å²) in [6, 6.07) is 5.20. The Labute approximate surface area is 87.1 Å². The lowest BCUT2D eigenvalue weighted by Gasteiger charge is -2.19. The van der Waals surface area contributed by atoms with Crippen molar-refractivity contribution in [2.75, 3.05) is 6.54 Å². The van der Waals surface area contributed by atoms with Gasteiger partial charge in [-0.2, -0.15) is 5.26 Å². The number of nitrogens with zero attached hydrogens (tertiary/aromatic N) is 1. The van der Waals surface area contributed by atoms with Gasteiger partial charge in [0.25, 0.3) is 0 Å². The maximum atomic E-state index is 11.0. The number of benzene rings is 1. The number of nitriles is 1. The third-order valence-corrected chi connectivity index (χ3v) is 2.64. The fourth-order valence-corrected chi connectivity index (χ4v) is 1.91. The van der Waals surface area contributed by atoms with Crippen LogP contribution in [0.3, 0.4) is 0 Å². The molecule has 1 aliphatic heterocycles. The molecule has 0 saturated heterocycles. The molecule has 0 bridgehead atoms. The van der Waals surface area contributed by atoms with E-state index in [2.05, 4.69) is 11.4 Å². The number of hydrogen-bond acceptors (Lipinski definition) is 3. The Kier molecular flexibility index (Phi) is 2.40. The summed E-state index contributed by atoms with van der Waals surface area (Å²) in [5.74, 6) is -0.931. The standard InChI is InChI=1S/C11H10N2O2/c12-5-7-1-2-9(11(14)15)10-6-13-4-3-8(7)10/h1-2,13H,3-4,6H2,(H,14,15). The fourth-order valence-electron chi connectivity index (χ4n) is 1.91. The van der Waals surface area contributed by atoms with Gasteiger partial charge in [0.1, 0.15) is 0 Å². The monoisotopic (exact) mass is 202 g/mol. The quantitative estimate of drug-likeness (QED) is 0.709. The Hall–Kier alpha value is -1.86. The fraction of sp³-hybridized carbons (Fsp3) is 0.273. The van der Waals surface area contributed by atoms with E-state index < -0.39 is 5.97 Å². The van der Waals surface area contributed by atoms with Crippen molar-refractivity contribution in [2.45, 2.75) is 13.0 Å². The zero-order valence-corrected chi connectivity index (χ0v) is 8.08. The second-order valence-electron chi connectivity index (χ2n) is 3.46. The molecule has 4 nitrogen and oxygen atoms in total. The second-order valence-corrected chi connectivity index (χ2v) is 3.46. The minimum Gasteiger partial charge on any atom is -0.478 e. The smallest absolute Gasteiger partial charge is 0.336 e. The van der Waals surface area contributed by atoms with E-state index in [-0.39, 0.29) is 0 Å². The van der Waals surface area contributed by atoms with Crippen LogP contribution in [0.25, 0.3) is 0 Å². The Morgan fingerprint density at radius 3 is 2.93 bits per heavy atom. The van der Waals surface area contributed by atoms with Crippen molar-refractivity contribution in [3.05, 3.63) is 34.4 Å². The topological polar surface area (TPSA) is 73.1 Å². The second kappa shape index (κ2) is 3.71. The molecule has 15 heavy (non-hydrogen) atoms. The van der Waals surface area contributed by atoms with Crippen LogP contribution in [0.2, 0.25) is 0 Å². The summed E-state index contributed by atoms with van der Waals surface area (Å²) < 4.78 is 0. The van der Waals surface area contributed by atoms with Gasteiger partial charge in [0.2, 0.25) is 0 Å². The molecule has 2 rings (SSSR count). The summed E-state index contributed by atoms with van der Waals surface area (Å²) in [7, 11) is 0. The number of rotatable bonds is 1. The maximum Gasteiger partial charge on any atom is 0.336 e. The molecule has 1 aliphatic rings. The van der Waals surface area contributed by atoms with Crippen molar-refractivity contribution in [3.8, 4) is 6.07 Å². The lowest BCUT2D eigenvalue weighted by atomic mass is 9.92. The van der Waals surface area contributed by atoms with Crippen molar-refractivity contribution >= 4 is 5.97 Å². The van der Waals surface area contributed by atoms with Crippen molar-refractivity contribution in [3.63, 3.8) is 0 Å². The lowest BCUT2D eigenvalue weighted by molar-refractivity contribution is 0.0695. The minimum atomic E-state index is -0.931. The number of aromatic carboxylic acids is 1. The molecule has 1 aromatic carbocycles. The molecule has 0 atom stereocenters. The van der Waals surface area contributed by atoms with Crippen molar-refractivity contribution in [2.24, 2.45) is 0 Å². The van der Waals surface area contributed by atoms with Gasteiger partial charge in [-0.15, -0.1) is 0 Å². The third kappa shape index (κ3) is 1.58. The van der Waals surface area contributed by atoms with Gasteiger partial charge in [-0.05, 0) is 36.2 Å². The first-order chi connectivity index (χ1) is 7.24. The van der Waals surface area contributed by atoms with Crippen molar-refractivity contribution in [1.82, 2.24) is 5.32 Å². The average Bonchev–Trinajstić information content (AvgIpc) is 2.27. The molecular formula is C11H10N2O2. The molecule has 0 fully saturated rings. The first-order valence-electron chi connectivity index (χ1n) is 4.73. The van der Waals surface area contributed by atoms with E-state index in [0.29, 0.717) is 17.7 Å². The highest BCUT2D eigenvalue weighted by atomic mass is 16.4. The molecule has 0 aromatic heterocycles. The van der Waals surface area contributed by atoms with Gasteiger partial charge in [-0.1, -0.05) is 0 Å². The molecule has 0 saturated carbocycles. The molecule has 2 N–H and O–H groups in total. The first-order valence-corrected chi connectivity index (χ1v) is 4.73. The largest absolute Gasteiger partial charge is 0.478 e. The summed E-state index contributed by atoms with van der Waals surface area (Å²) in [6.45, 7) is 1.33. The van der Waals surface area contributed by atoms with Gasteiger partial charge in [0, 0.05) is 6.54 Å². The zero-order chi connectivity index (χ0) is 10.8. The van der Waals surface area contributed by atoms with Crippen LogP contribution < -0.4 is 5.32 Å². The summed E-state index contributed by atoms with van der Waals surface area (Å²) in [5.41, 5.74) is 2.54. The highest BCUT2D eigenvalue weighted by molar-refractivity contribution is 5.90. The van der Waals surface area contributed by atoms with Gasteiger partial charge in [-0.3, -0.25) is 0 Å². The zero-order valence-electron chi connectivity index (χ0n) is 8.08. The molecule has 4 heteroatoms. The van der Waals surface area contributed by atoms with E-state index >= 15 is 0 Å². The van der Waals surface area contributed by atoms with E-state index in [4.69, 9.17) is 10.4 Å². The van der Waals surface area contributed by atoms with Gasteiger partial charge in [0.05, 0.1) is 17.2 Å². The highest BCUT2D eigenvalue weighted by Crippen LogP contribution is 2.22. The Balaban J connectivity index is 2.64. The van der Waals surface area contributed by atoms with Crippen LogP contribution in [0.4, 0.5) is 0 Å². The van der Waals surface area contributed by atoms with E-state index in [0.717, 1.165) is 24.1 Å². The molecular weight excluding hydrogens is 192 g/mol. The van der Waals surface area contributed by atoms with Crippen LogP contribution >= 0.6 is 0 Å². The SMILES string of the molecule is N#Cc1ccc(C(=O)O)c2c1CCNC2. The Morgan fingerprint density at radius 2 is 2.27 bits per heavy atom. The summed E-state index contributed by atoms with van der Waals surface area (Å²) >= 11 is 0. The van der Waals surface area contributed by atoms with E-state index in [9.17, 15) is 4.79 Å². The van der Waals surface area contributed by atoms with Crippen LogP contribution in [0.15, 0.2) is 12.1 Å². The lowest BCUT2D eigenvalue weighted by Crippen LogP contribution is -2.26.